The van der Waals surface area contributed by atoms with Crippen LogP contribution in [0.3, 0.4) is 0 Å². The van der Waals surface area contributed by atoms with Gasteiger partial charge in [0.25, 0.3) is 0 Å². The van der Waals surface area contributed by atoms with Crippen LogP contribution < -0.4 is 5.30 Å². The van der Waals surface area contributed by atoms with Crippen molar-refractivity contribution in [2.45, 2.75) is 0 Å². The smallest absolute Gasteiger partial charge is 0.0135 e. The van der Waals surface area contributed by atoms with E-state index in [4.69, 9.17) is 5.16 Å². The average Bonchev–Trinajstić information content (AvgIpc) is 1.90. The Kier molecular flexibility index (Phi) is 1.87. The standard InChI is InChI=1S/C6H8NP/c7-8-6-4-2-1-3-5-6/h1-5,7H,8H2. The molecule has 0 saturated heterocycles. The minimum Gasteiger partial charge on any atom is -0.320 e. The first-order valence-corrected chi connectivity index (χ1v) is 3.64. The van der Waals surface area contributed by atoms with Crippen molar-refractivity contribution in [3.63, 3.8) is 0 Å². The zero-order valence-electron chi connectivity index (χ0n) is 4.46. The van der Waals surface area contributed by atoms with Gasteiger partial charge in [0.1, 0.15) is 0 Å². The van der Waals surface area contributed by atoms with Crippen molar-refractivity contribution in [3.05, 3.63) is 30.3 Å². The molecule has 1 nitrogen and oxygen atoms in total. The zero-order chi connectivity index (χ0) is 5.82. The van der Waals surface area contributed by atoms with Crippen molar-refractivity contribution < 1.29 is 0 Å². The van der Waals surface area contributed by atoms with Gasteiger partial charge in [0.15, 0.2) is 0 Å². The van der Waals surface area contributed by atoms with Crippen LogP contribution in [0.5, 0.6) is 0 Å². The maximum absolute atomic E-state index is 7.03. The Labute approximate surface area is 50.0 Å². The highest BCUT2D eigenvalue weighted by Gasteiger charge is 1.76. The van der Waals surface area contributed by atoms with E-state index in [1.807, 2.05) is 30.3 Å². The molecule has 1 atom stereocenters. The molecular weight excluding hydrogens is 117 g/mol. The fourth-order valence-electron chi connectivity index (χ4n) is 0.549. The molecule has 0 heterocycles. The van der Waals surface area contributed by atoms with Gasteiger partial charge in [-0.05, 0) is 13.7 Å². The highest BCUT2D eigenvalue weighted by atomic mass is 31.1. The first-order valence-electron chi connectivity index (χ1n) is 2.49. The van der Waals surface area contributed by atoms with E-state index in [0.717, 1.165) is 5.30 Å². The third-order valence-corrected chi connectivity index (χ3v) is 1.68. The molecule has 0 fully saturated rings. The summed E-state index contributed by atoms with van der Waals surface area (Å²) in [5.41, 5.74) is 0. The Bertz CT molecular complexity index is 171. The van der Waals surface area contributed by atoms with Gasteiger partial charge < -0.3 is 5.16 Å². The van der Waals surface area contributed by atoms with Crippen molar-refractivity contribution in [3.8, 4) is 0 Å². The highest BCUT2D eigenvalue weighted by Crippen LogP contribution is 1.93. The Morgan fingerprint density at radius 1 is 1.12 bits per heavy atom. The van der Waals surface area contributed by atoms with E-state index in [1.165, 1.54) is 0 Å². The molecule has 1 unspecified atom stereocenters. The van der Waals surface area contributed by atoms with Gasteiger partial charge in [-0.15, -0.1) is 0 Å². The molecule has 0 aliphatic heterocycles. The lowest BCUT2D eigenvalue weighted by atomic mass is 10.4. The molecule has 0 amide bonds. The summed E-state index contributed by atoms with van der Waals surface area (Å²) >= 11 is 0. The van der Waals surface area contributed by atoms with Crippen LogP contribution in [0, 0.1) is 5.16 Å². The van der Waals surface area contributed by atoms with Gasteiger partial charge in [0, 0.05) is 0 Å². The summed E-state index contributed by atoms with van der Waals surface area (Å²) in [6.45, 7) is 0. The predicted molar refractivity (Wildman–Crippen MR) is 38.5 cm³/mol. The van der Waals surface area contributed by atoms with Crippen molar-refractivity contribution in [2.24, 2.45) is 0 Å². The van der Waals surface area contributed by atoms with Gasteiger partial charge in [-0.3, -0.25) is 0 Å². The van der Waals surface area contributed by atoms with Gasteiger partial charge in [0.05, 0.1) is 0 Å². The number of hydrogen-bond acceptors (Lipinski definition) is 1. The lowest BCUT2D eigenvalue weighted by Gasteiger charge is -1.84. The van der Waals surface area contributed by atoms with Crippen LogP contribution in [-0.2, 0) is 0 Å². The molecule has 0 aromatic heterocycles. The summed E-state index contributed by atoms with van der Waals surface area (Å²) in [4.78, 5) is 0. The van der Waals surface area contributed by atoms with Gasteiger partial charge >= 0.3 is 0 Å². The van der Waals surface area contributed by atoms with Crippen molar-refractivity contribution >= 4 is 13.7 Å². The third-order valence-electron chi connectivity index (χ3n) is 0.966. The molecule has 42 valence electrons. The van der Waals surface area contributed by atoms with E-state index in [1.54, 1.807) is 0 Å². The summed E-state index contributed by atoms with van der Waals surface area (Å²) in [5.74, 6) is 0. The van der Waals surface area contributed by atoms with Gasteiger partial charge in [0.2, 0.25) is 0 Å². The molecule has 1 aromatic rings. The molecule has 0 saturated carbocycles. The molecule has 0 radical (unpaired) electrons. The topological polar surface area (TPSA) is 23.9 Å². The lowest BCUT2D eigenvalue weighted by Crippen LogP contribution is -1.84. The summed E-state index contributed by atoms with van der Waals surface area (Å²) in [6.07, 6.45) is 0. The van der Waals surface area contributed by atoms with Crippen LogP contribution in [0.15, 0.2) is 30.3 Å². The molecule has 2 heteroatoms. The highest BCUT2D eigenvalue weighted by molar-refractivity contribution is 7.35. The third kappa shape index (κ3) is 1.21. The largest absolute Gasteiger partial charge is 0.320 e. The Balaban J connectivity index is 2.99. The lowest BCUT2D eigenvalue weighted by molar-refractivity contribution is 1.64. The molecule has 1 rings (SSSR count). The van der Waals surface area contributed by atoms with E-state index in [0.29, 0.717) is 0 Å². The van der Waals surface area contributed by atoms with Crippen molar-refractivity contribution in [1.82, 2.24) is 0 Å². The van der Waals surface area contributed by atoms with E-state index < -0.39 is 0 Å². The van der Waals surface area contributed by atoms with Crippen LogP contribution in [0.4, 0.5) is 0 Å². The SMILES string of the molecule is N=[PH2]c1ccccc1. The number of nitrogens with one attached hydrogen (secondary N) is 1. The summed E-state index contributed by atoms with van der Waals surface area (Å²) in [6, 6.07) is 9.89. The minimum atomic E-state index is -0.239. The van der Waals surface area contributed by atoms with E-state index in [9.17, 15) is 0 Å². The monoisotopic (exact) mass is 125 g/mol. The van der Waals surface area contributed by atoms with Crippen LogP contribution in [-0.4, -0.2) is 0 Å². The van der Waals surface area contributed by atoms with E-state index >= 15 is 0 Å². The summed E-state index contributed by atoms with van der Waals surface area (Å²) in [7, 11) is -0.239. The molecule has 1 aromatic carbocycles. The molecule has 1 N–H and O–H groups in total. The predicted octanol–water partition coefficient (Wildman–Crippen LogP) is 1.49. The second-order valence-corrected chi connectivity index (χ2v) is 2.51. The second-order valence-electron chi connectivity index (χ2n) is 1.56. The first kappa shape index (κ1) is 5.58. The zero-order valence-corrected chi connectivity index (χ0v) is 5.62. The maximum atomic E-state index is 7.03. The fraction of sp³-hybridized carbons (Fsp3) is 0. The fourth-order valence-corrected chi connectivity index (χ4v) is 0.964. The van der Waals surface area contributed by atoms with Crippen LogP contribution in [0.2, 0.25) is 0 Å². The van der Waals surface area contributed by atoms with E-state index in [2.05, 4.69) is 0 Å². The molecule has 0 aliphatic rings. The van der Waals surface area contributed by atoms with Crippen LogP contribution >= 0.6 is 8.37 Å². The summed E-state index contributed by atoms with van der Waals surface area (Å²) < 4.78 is 0. The average molecular weight is 125 g/mol. The van der Waals surface area contributed by atoms with E-state index in [-0.39, 0.29) is 8.37 Å². The molecule has 0 spiro atoms. The molecule has 0 aliphatic carbocycles. The Morgan fingerprint density at radius 3 is 2.12 bits per heavy atom. The number of benzene rings is 1. The van der Waals surface area contributed by atoms with Gasteiger partial charge in [-0.1, -0.05) is 30.3 Å². The second kappa shape index (κ2) is 2.68. The summed E-state index contributed by atoms with van der Waals surface area (Å²) in [5, 5.41) is 8.19. The molecular formula is C6H8NP. The first-order chi connectivity index (χ1) is 3.93. The van der Waals surface area contributed by atoms with Crippen LogP contribution in [0.1, 0.15) is 0 Å². The van der Waals surface area contributed by atoms with Gasteiger partial charge in [-0.25, -0.2) is 0 Å². The van der Waals surface area contributed by atoms with Gasteiger partial charge in [-0.2, -0.15) is 0 Å². The normalized spacial score (nSPS) is 10.5. The number of rotatable bonds is 1. The maximum Gasteiger partial charge on any atom is -0.0135 e. The number of hydrogen-bond donors (Lipinski definition) is 1. The van der Waals surface area contributed by atoms with Crippen molar-refractivity contribution in [2.75, 3.05) is 0 Å². The van der Waals surface area contributed by atoms with Crippen molar-refractivity contribution in [1.29, 1.82) is 5.16 Å². The molecule has 0 bridgehead atoms. The molecule has 8 heavy (non-hydrogen) atoms. The van der Waals surface area contributed by atoms with Crippen LogP contribution in [0.25, 0.3) is 0 Å². The Hall–Kier alpha value is -0.550. The quantitative estimate of drug-likeness (QED) is 0.550. The minimum absolute atomic E-state index is 0.239. The Morgan fingerprint density at radius 2 is 1.75 bits per heavy atom.